The highest BCUT2D eigenvalue weighted by Gasteiger charge is 2.22. The van der Waals surface area contributed by atoms with Crippen LogP contribution in [0.1, 0.15) is 41.9 Å². The molecule has 0 radical (unpaired) electrons. The fraction of sp³-hybridized carbons (Fsp3) is 0.391. The highest BCUT2D eigenvalue weighted by atomic mass is 32.2. The Bertz CT molecular complexity index is 924. The molecule has 0 saturated carbocycles. The number of hydrogen-bond acceptors (Lipinski definition) is 5. The molecule has 0 fully saturated rings. The summed E-state index contributed by atoms with van der Waals surface area (Å²) in [5.41, 5.74) is 3.65. The first-order chi connectivity index (χ1) is 14.0. The minimum atomic E-state index is 0.231. The van der Waals surface area contributed by atoms with Crippen molar-refractivity contribution in [3.8, 4) is 5.75 Å². The first-order valence-electron chi connectivity index (χ1n) is 9.93. The van der Waals surface area contributed by atoms with Gasteiger partial charge in [-0.3, -0.25) is 4.90 Å². The van der Waals surface area contributed by atoms with Crippen LogP contribution in [0.4, 0.5) is 0 Å². The van der Waals surface area contributed by atoms with Gasteiger partial charge in [0, 0.05) is 11.3 Å². The van der Waals surface area contributed by atoms with Gasteiger partial charge in [0.2, 0.25) is 0 Å². The van der Waals surface area contributed by atoms with Gasteiger partial charge in [-0.05, 0) is 39.1 Å². The van der Waals surface area contributed by atoms with Crippen LogP contribution in [-0.2, 0) is 12.3 Å². The lowest BCUT2D eigenvalue weighted by molar-refractivity contribution is 0.272. The van der Waals surface area contributed by atoms with E-state index in [4.69, 9.17) is 4.74 Å². The standard InChI is InChI=1S/C23H30N4OS/c1-6-20(26(3)4)22-24-25-23(27(22)15-18-10-8-7-9-11-18)29-16-19-14-17(2)12-13-21(19)28-5/h7-14,20H,6,15-16H2,1-5H3/t20-/m1/s1. The molecule has 5 nitrogen and oxygen atoms in total. The third kappa shape index (κ3) is 5.19. The molecule has 0 aliphatic rings. The Morgan fingerprint density at radius 2 is 1.86 bits per heavy atom. The van der Waals surface area contributed by atoms with Crippen molar-refractivity contribution >= 4 is 11.8 Å². The third-order valence-corrected chi connectivity index (χ3v) is 6.05. The lowest BCUT2D eigenvalue weighted by atomic mass is 10.1. The Morgan fingerprint density at radius 1 is 1.10 bits per heavy atom. The van der Waals surface area contributed by atoms with Gasteiger partial charge in [0.25, 0.3) is 0 Å². The molecular formula is C23H30N4OS. The summed E-state index contributed by atoms with van der Waals surface area (Å²) < 4.78 is 7.80. The highest BCUT2D eigenvalue weighted by molar-refractivity contribution is 7.98. The van der Waals surface area contributed by atoms with Gasteiger partial charge in [-0.15, -0.1) is 10.2 Å². The van der Waals surface area contributed by atoms with Gasteiger partial charge in [0.05, 0.1) is 19.7 Å². The molecule has 3 aromatic rings. The van der Waals surface area contributed by atoms with Crippen LogP contribution in [0.25, 0.3) is 0 Å². The number of rotatable bonds is 9. The summed E-state index contributed by atoms with van der Waals surface area (Å²) in [5, 5.41) is 10.1. The number of ether oxygens (including phenoxy) is 1. The Morgan fingerprint density at radius 3 is 2.52 bits per heavy atom. The fourth-order valence-electron chi connectivity index (χ4n) is 3.51. The van der Waals surface area contributed by atoms with Crippen LogP contribution in [0.3, 0.4) is 0 Å². The largest absolute Gasteiger partial charge is 0.496 e. The van der Waals surface area contributed by atoms with Gasteiger partial charge in [0.15, 0.2) is 11.0 Å². The van der Waals surface area contributed by atoms with Crippen LogP contribution in [0.2, 0.25) is 0 Å². The molecule has 1 aromatic heterocycles. The molecule has 0 aliphatic heterocycles. The Balaban J connectivity index is 1.91. The second-order valence-electron chi connectivity index (χ2n) is 7.40. The average molecular weight is 411 g/mol. The number of thioether (sulfide) groups is 1. The molecule has 154 valence electrons. The third-order valence-electron chi connectivity index (χ3n) is 5.03. The van der Waals surface area contributed by atoms with Crippen LogP contribution in [0.15, 0.2) is 53.7 Å². The van der Waals surface area contributed by atoms with Crippen LogP contribution in [0.5, 0.6) is 5.75 Å². The summed E-state index contributed by atoms with van der Waals surface area (Å²) in [6.07, 6.45) is 0.982. The quantitative estimate of drug-likeness (QED) is 0.467. The van der Waals surface area contributed by atoms with Crippen molar-refractivity contribution in [3.05, 3.63) is 71.0 Å². The molecule has 0 aliphatic carbocycles. The van der Waals surface area contributed by atoms with E-state index in [1.165, 1.54) is 16.7 Å². The Hall–Kier alpha value is -2.31. The van der Waals surface area contributed by atoms with Gasteiger partial charge in [-0.2, -0.15) is 0 Å². The molecule has 0 unspecified atom stereocenters. The molecule has 0 spiro atoms. The first kappa shape index (κ1) is 21.4. The van der Waals surface area contributed by atoms with E-state index in [0.717, 1.165) is 35.4 Å². The monoisotopic (exact) mass is 410 g/mol. The zero-order valence-corrected chi connectivity index (χ0v) is 18.7. The highest BCUT2D eigenvalue weighted by Crippen LogP contribution is 2.31. The maximum absolute atomic E-state index is 5.54. The molecule has 0 bridgehead atoms. The molecule has 1 atom stereocenters. The number of methoxy groups -OCH3 is 1. The van der Waals surface area contributed by atoms with Crippen LogP contribution < -0.4 is 4.74 Å². The summed E-state index contributed by atoms with van der Waals surface area (Å²) in [7, 11) is 5.91. The molecule has 6 heteroatoms. The minimum Gasteiger partial charge on any atom is -0.496 e. The van der Waals surface area contributed by atoms with E-state index in [0.29, 0.717) is 0 Å². The summed E-state index contributed by atoms with van der Waals surface area (Å²) in [6, 6.07) is 17.0. The maximum Gasteiger partial charge on any atom is 0.191 e. The predicted octanol–water partition coefficient (Wildman–Crippen LogP) is 4.95. The van der Waals surface area contributed by atoms with Crippen LogP contribution >= 0.6 is 11.8 Å². The van der Waals surface area contributed by atoms with Crippen molar-refractivity contribution in [2.75, 3.05) is 21.2 Å². The van der Waals surface area contributed by atoms with E-state index in [9.17, 15) is 0 Å². The van der Waals surface area contributed by atoms with Crippen LogP contribution in [-0.4, -0.2) is 40.9 Å². The lowest BCUT2D eigenvalue weighted by Gasteiger charge is -2.23. The molecule has 0 saturated heterocycles. The van der Waals surface area contributed by atoms with Crippen molar-refractivity contribution in [2.24, 2.45) is 0 Å². The zero-order valence-electron chi connectivity index (χ0n) is 17.9. The Kier molecular flexibility index (Phi) is 7.34. The first-order valence-corrected chi connectivity index (χ1v) is 10.9. The number of aryl methyl sites for hydroxylation is 1. The molecule has 0 N–H and O–H groups in total. The van der Waals surface area contributed by atoms with Gasteiger partial charge < -0.3 is 9.30 Å². The van der Waals surface area contributed by atoms with Crippen molar-refractivity contribution in [3.63, 3.8) is 0 Å². The number of nitrogens with zero attached hydrogens (tertiary/aromatic N) is 4. The molecular weight excluding hydrogens is 380 g/mol. The van der Waals surface area contributed by atoms with E-state index >= 15 is 0 Å². The number of hydrogen-bond donors (Lipinski definition) is 0. The topological polar surface area (TPSA) is 43.2 Å². The Labute approximate surface area is 178 Å². The van der Waals surface area contributed by atoms with Crippen LogP contribution in [0, 0.1) is 6.92 Å². The van der Waals surface area contributed by atoms with Crippen molar-refractivity contribution in [1.29, 1.82) is 0 Å². The normalized spacial score (nSPS) is 12.3. The molecule has 2 aromatic carbocycles. The molecule has 1 heterocycles. The molecule has 29 heavy (non-hydrogen) atoms. The number of benzene rings is 2. The van der Waals surface area contributed by atoms with Gasteiger partial charge in [-0.1, -0.05) is 66.7 Å². The van der Waals surface area contributed by atoms with Gasteiger partial charge in [-0.25, -0.2) is 0 Å². The summed E-state index contributed by atoms with van der Waals surface area (Å²) in [5.74, 6) is 2.72. The lowest BCUT2D eigenvalue weighted by Crippen LogP contribution is -2.23. The minimum absolute atomic E-state index is 0.231. The second-order valence-corrected chi connectivity index (χ2v) is 8.35. The van der Waals surface area contributed by atoms with Crippen molar-refractivity contribution in [1.82, 2.24) is 19.7 Å². The van der Waals surface area contributed by atoms with Crippen molar-refractivity contribution in [2.45, 2.75) is 43.8 Å². The van der Waals surface area contributed by atoms with Gasteiger partial charge in [0.1, 0.15) is 5.75 Å². The van der Waals surface area contributed by atoms with E-state index in [-0.39, 0.29) is 6.04 Å². The average Bonchev–Trinajstić information content (AvgIpc) is 3.10. The summed E-state index contributed by atoms with van der Waals surface area (Å²) in [4.78, 5) is 2.21. The number of aromatic nitrogens is 3. The SMILES string of the molecule is CC[C@H](c1nnc(SCc2cc(C)ccc2OC)n1Cc1ccccc1)N(C)C. The molecule has 0 amide bonds. The smallest absolute Gasteiger partial charge is 0.191 e. The molecule has 3 rings (SSSR count). The zero-order chi connectivity index (χ0) is 20.8. The summed E-state index contributed by atoms with van der Waals surface area (Å²) >= 11 is 1.71. The second kappa shape index (κ2) is 9.94. The predicted molar refractivity (Wildman–Crippen MR) is 120 cm³/mol. The van der Waals surface area contributed by atoms with Gasteiger partial charge >= 0.3 is 0 Å². The maximum atomic E-state index is 5.54. The van der Waals surface area contributed by atoms with E-state index < -0.39 is 0 Å². The van der Waals surface area contributed by atoms with E-state index in [2.05, 4.69) is 84.0 Å². The van der Waals surface area contributed by atoms with E-state index in [1.807, 2.05) is 12.1 Å². The van der Waals surface area contributed by atoms with E-state index in [1.54, 1.807) is 18.9 Å². The fourth-order valence-corrected chi connectivity index (χ4v) is 4.43. The summed E-state index contributed by atoms with van der Waals surface area (Å²) in [6.45, 7) is 5.06. The van der Waals surface area contributed by atoms with Crippen molar-refractivity contribution < 1.29 is 4.74 Å².